The highest BCUT2D eigenvalue weighted by atomic mass is 79.9. The van der Waals surface area contributed by atoms with Gasteiger partial charge in [-0.3, -0.25) is 0 Å². The summed E-state index contributed by atoms with van der Waals surface area (Å²) in [6, 6.07) is 8.92. The predicted octanol–water partition coefficient (Wildman–Crippen LogP) is 2.80. The van der Waals surface area contributed by atoms with E-state index in [0.717, 1.165) is 11.1 Å². The summed E-state index contributed by atoms with van der Waals surface area (Å²) in [5.74, 6) is 1.08. The Morgan fingerprint density at radius 1 is 1.33 bits per heavy atom. The van der Waals surface area contributed by atoms with E-state index in [1.165, 1.54) is 7.11 Å². The van der Waals surface area contributed by atoms with Gasteiger partial charge in [-0.1, -0.05) is 0 Å². The second-order valence-corrected chi connectivity index (χ2v) is 5.07. The number of hydrogen-bond acceptors (Lipinski definition) is 5. The van der Waals surface area contributed by atoms with Crippen molar-refractivity contribution in [1.82, 2.24) is 4.98 Å². The molecule has 6 heteroatoms. The molecule has 0 radical (unpaired) electrons. The van der Waals surface area contributed by atoms with Crippen LogP contribution in [0.25, 0.3) is 0 Å². The van der Waals surface area contributed by atoms with E-state index in [1.807, 2.05) is 6.07 Å². The van der Waals surface area contributed by atoms with Gasteiger partial charge in [0, 0.05) is 6.20 Å². The van der Waals surface area contributed by atoms with Crippen LogP contribution in [-0.2, 0) is 13.2 Å². The lowest BCUT2D eigenvalue weighted by atomic mass is 10.2. The minimum atomic E-state index is -0.0782. The number of rotatable bonds is 5. The van der Waals surface area contributed by atoms with Crippen molar-refractivity contribution in [2.24, 2.45) is 0 Å². The average molecular weight is 349 g/mol. The molecule has 108 valence electrons. The van der Waals surface area contributed by atoms with Crippen LogP contribution in [0.4, 0.5) is 0 Å². The molecule has 0 saturated carbocycles. The van der Waals surface area contributed by atoms with Crippen LogP contribution in [0.15, 0.2) is 34.9 Å². The molecule has 0 bridgehead atoms. The van der Waals surface area contributed by atoms with Gasteiger partial charge in [-0.15, -0.1) is 0 Å². The SMILES string of the molecule is COc1cc(CO)cc(Br)c1OCc1ccnc(C#N)c1. The maximum atomic E-state index is 9.18. The largest absolute Gasteiger partial charge is 0.493 e. The van der Waals surface area contributed by atoms with Crippen molar-refractivity contribution in [3.63, 3.8) is 0 Å². The minimum absolute atomic E-state index is 0.0782. The molecule has 1 heterocycles. The summed E-state index contributed by atoms with van der Waals surface area (Å²) < 4.78 is 11.7. The quantitative estimate of drug-likeness (QED) is 0.898. The first kappa shape index (κ1) is 15.3. The molecule has 0 unspecified atom stereocenters. The lowest BCUT2D eigenvalue weighted by Crippen LogP contribution is -2.00. The van der Waals surface area contributed by atoms with Crippen molar-refractivity contribution >= 4 is 15.9 Å². The number of aliphatic hydroxyl groups excluding tert-OH is 1. The van der Waals surface area contributed by atoms with Crippen LogP contribution in [0.1, 0.15) is 16.8 Å². The summed E-state index contributed by atoms with van der Waals surface area (Å²) in [7, 11) is 1.54. The molecule has 5 nitrogen and oxygen atoms in total. The van der Waals surface area contributed by atoms with Gasteiger partial charge in [0.05, 0.1) is 18.2 Å². The molecule has 21 heavy (non-hydrogen) atoms. The maximum absolute atomic E-state index is 9.18. The highest BCUT2D eigenvalue weighted by molar-refractivity contribution is 9.10. The van der Waals surface area contributed by atoms with E-state index in [4.69, 9.17) is 14.7 Å². The van der Waals surface area contributed by atoms with Crippen molar-refractivity contribution in [3.8, 4) is 17.6 Å². The third-order valence-corrected chi connectivity index (χ3v) is 3.38. The second kappa shape index (κ2) is 7.07. The molecule has 1 aromatic heterocycles. The van der Waals surface area contributed by atoms with Gasteiger partial charge in [0.2, 0.25) is 0 Å². The molecule has 1 N–H and O–H groups in total. The number of aromatic nitrogens is 1. The number of halogens is 1. The zero-order valence-corrected chi connectivity index (χ0v) is 12.9. The monoisotopic (exact) mass is 348 g/mol. The van der Waals surface area contributed by atoms with E-state index in [9.17, 15) is 5.11 Å². The Morgan fingerprint density at radius 3 is 2.81 bits per heavy atom. The summed E-state index contributed by atoms with van der Waals surface area (Å²) >= 11 is 3.40. The lowest BCUT2D eigenvalue weighted by molar-refractivity contribution is 0.273. The summed E-state index contributed by atoms with van der Waals surface area (Å²) in [6.07, 6.45) is 1.57. The van der Waals surface area contributed by atoms with Crippen LogP contribution in [0.5, 0.6) is 11.5 Å². The number of methoxy groups -OCH3 is 1. The molecule has 2 rings (SSSR count). The number of benzene rings is 1. The van der Waals surface area contributed by atoms with E-state index in [-0.39, 0.29) is 13.2 Å². The van der Waals surface area contributed by atoms with Crippen LogP contribution < -0.4 is 9.47 Å². The van der Waals surface area contributed by atoms with Crippen LogP contribution in [-0.4, -0.2) is 17.2 Å². The van der Waals surface area contributed by atoms with Crippen LogP contribution in [0.3, 0.4) is 0 Å². The Balaban J connectivity index is 2.21. The van der Waals surface area contributed by atoms with Gasteiger partial charge in [0.1, 0.15) is 18.4 Å². The number of aliphatic hydroxyl groups is 1. The molecule has 0 aliphatic heterocycles. The van der Waals surface area contributed by atoms with E-state index >= 15 is 0 Å². The number of hydrogen-bond donors (Lipinski definition) is 1. The highest BCUT2D eigenvalue weighted by Gasteiger charge is 2.12. The molecule has 1 aromatic carbocycles. The van der Waals surface area contributed by atoms with E-state index in [0.29, 0.717) is 21.7 Å². The van der Waals surface area contributed by atoms with Crippen molar-refractivity contribution in [2.75, 3.05) is 7.11 Å². The summed E-state index contributed by atoms with van der Waals surface area (Å²) in [5.41, 5.74) is 1.90. The number of pyridine rings is 1. The van der Waals surface area contributed by atoms with Gasteiger partial charge < -0.3 is 14.6 Å². The Labute approximate surface area is 130 Å². The molecule has 2 aromatic rings. The molecule has 0 saturated heterocycles. The predicted molar refractivity (Wildman–Crippen MR) is 79.9 cm³/mol. The second-order valence-electron chi connectivity index (χ2n) is 4.22. The average Bonchev–Trinajstić information content (AvgIpc) is 2.53. The van der Waals surface area contributed by atoms with Crippen molar-refractivity contribution in [2.45, 2.75) is 13.2 Å². The fourth-order valence-corrected chi connectivity index (χ4v) is 2.39. The first-order chi connectivity index (χ1) is 10.2. The zero-order chi connectivity index (χ0) is 15.2. The number of nitrogens with zero attached hydrogens (tertiary/aromatic N) is 2. The smallest absolute Gasteiger partial charge is 0.175 e. The third kappa shape index (κ3) is 3.72. The topological polar surface area (TPSA) is 75.4 Å². The van der Waals surface area contributed by atoms with Gasteiger partial charge >= 0.3 is 0 Å². The van der Waals surface area contributed by atoms with Gasteiger partial charge in [-0.05, 0) is 51.3 Å². The van der Waals surface area contributed by atoms with Gasteiger partial charge in [-0.25, -0.2) is 4.98 Å². The molecule has 0 amide bonds. The fraction of sp³-hybridized carbons (Fsp3) is 0.200. The van der Waals surface area contributed by atoms with Crippen molar-refractivity contribution in [3.05, 3.63) is 51.8 Å². The molecule has 0 aliphatic rings. The Hall–Kier alpha value is -2.10. The first-order valence-corrected chi connectivity index (χ1v) is 6.92. The van der Waals surface area contributed by atoms with Crippen LogP contribution in [0, 0.1) is 11.3 Å². The van der Waals surface area contributed by atoms with Crippen molar-refractivity contribution < 1.29 is 14.6 Å². The van der Waals surface area contributed by atoms with Gasteiger partial charge in [-0.2, -0.15) is 5.26 Å². The van der Waals surface area contributed by atoms with Crippen LogP contribution >= 0.6 is 15.9 Å². The molecule has 0 fully saturated rings. The third-order valence-electron chi connectivity index (χ3n) is 2.79. The van der Waals surface area contributed by atoms with E-state index < -0.39 is 0 Å². The van der Waals surface area contributed by atoms with Gasteiger partial charge in [0.15, 0.2) is 11.5 Å². The van der Waals surface area contributed by atoms with E-state index in [1.54, 1.807) is 30.5 Å². The van der Waals surface area contributed by atoms with Gasteiger partial charge in [0.25, 0.3) is 0 Å². The summed E-state index contributed by atoms with van der Waals surface area (Å²) in [5, 5.41) is 18.0. The normalized spacial score (nSPS) is 10.0. The number of ether oxygens (including phenoxy) is 2. The Bertz CT molecular complexity index is 683. The first-order valence-electron chi connectivity index (χ1n) is 6.13. The molecular formula is C15H13BrN2O3. The van der Waals surface area contributed by atoms with E-state index in [2.05, 4.69) is 20.9 Å². The number of nitriles is 1. The molecule has 0 spiro atoms. The molecule has 0 aliphatic carbocycles. The Morgan fingerprint density at radius 2 is 2.14 bits per heavy atom. The van der Waals surface area contributed by atoms with Crippen LogP contribution in [0.2, 0.25) is 0 Å². The zero-order valence-electron chi connectivity index (χ0n) is 11.3. The maximum Gasteiger partial charge on any atom is 0.175 e. The Kier molecular flexibility index (Phi) is 5.14. The summed E-state index contributed by atoms with van der Waals surface area (Å²) in [6.45, 7) is 0.204. The van der Waals surface area contributed by atoms with Crippen molar-refractivity contribution in [1.29, 1.82) is 5.26 Å². The minimum Gasteiger partial charge on any atom is -0.493 e. The highest BCUT2D eigenvalue weighted by Crippen LogP contribution is 2.37. The molecule has 0 atom stereocenters. The standard InChI is InChI=1S/C15H13BrN2O3/c1-20-14-6-11(8-19)5-13(16)15(14)21-9-10-2-3-18-12(4-10)7-17/h2-6,19H,8-9H2,1H3. The summed E-state index contributed by atoms with van der Waals surface area (Å²) in [4.78, 5) is 3.91. The molecular weight excluding hydrogens is 336 g/mol. The fourth-order valence-electron chi connectivity index (χ4n) is 1.79. The lowest BCUT2D eigenvalue weighted by Gasteiger charge is -2.14.